The topological polar surface area (TPSA) is 66.5 Å². The van der Waals surface area contributed by atoms with Crippen LogP contribution in [0.4, 0.5) is 11.4 Å². The molecule has 0 radical (unpaired) electrons. The van der Waals surface area contributed by atoms with Crippen LogP contribution in [0.2, 0.25) is 0 Å². The first kappa shape index (κ1) is 16.7. The van der Waals surface area contributed by atoms with Gasteiger partial charge < -0.3 is 5.32 Å². The Labute approximate surface area is 168 Å². The van der Waals surface area contributed by atoms with Gasteiger partial charge in [-0.2, -0.15) is 0 Å². The number of anilines is 2. The molecule has 7 rings (SSSR count). The SMILES string of the molecule is O=C(Nc1ccccc1)c1cccc(N2C(=O)[C@H]3[C@@H]4C=C[C@@H]([C@H]5C[C@H]45)[C@@H]3C2=O)c1. The largest absolute Gasteiger partial charge is 0.322 e. The van der Waals surface area contributed by atoms with E-state index in [-0.39, 0.29) is 41.4 Å². The van der Waals surface area contributed by atoms with Crippen LogP contribution in [-0.2, 0) is 9.59 Å². The molecule has 1 heterocycles. The third kappa shape index (κ3) is 2.36. The predicted molar refractivity (Wildman–Crippen MR) is 108 cm³/mol. The van der Waals surface area contributed by atoms with Gasteiger partial charge in [0.25, 0.3) is 5.91 Å². The Morgan fingerprint density at radius 1 is 0.862 bits per heavy atom. The summed E-state index contributed by atoms with van der Waals surface area (Å²) in [6.07, 6.45) is 5.47. The zero-order chi connectivity index (χ0) is 19.7. The van der Waals surface area contributed by atoms with Crippen LogP contribution in [0.1, 0.15) is 16.8 Å². The molecule has 1 saturated heterocycles. The van der Waals surface area contributed by atoms with E-state index in [0.29, 0.717) is 28.8 Å². The highest BCUT2D eigenvalue weighted by molar-refractivity contribution is 6.23. The molecule has 5 heteroatoms. The van der Waals surface area contributed by atoms with E-state index in [4.69, 9.17) is 0 Å². The van der Waals surface area contributed by atoms with Crippen molar-refractivity contribution in [3.8, 4) is 0 Å². The Morgan fingerprint density at radius 3 is 2.17 bits per heavy atom. The van der Waals surface area contributed by atoms with Crippen LogP contribution >= 0.6 is 0 Å². The van der Waals surface area contributed by atoms with Crippen LogP contribution in [0, 0.1) is 35.5 Å². The van der Waals surface area contributed by atoms with E-state index in [1.54, 1.807) is 24.3 Å². The Hall–Kier alpha value is -3.21. The molecule has 29 heavy (non-hydrogen) atoms. The maximum absolute atomic E-state index is 13.2. The summed E-state index contributed by atoms with van der Waals surface area (Å²) in [5.41, 5.74) is 1.61. The van der Waals surface area contributed by atoms with Crippen LogP contribution < -0.4 is 10.2 Å². The molecule has 4 aliphatic carbocycles. The summed E-state index contributed by atoms with van der Waals surface area (Å²) in [5, 5.41) is 2.85. The monoisotopic (exact) mass is 384 g/mol. The van der Waals surface area contributed by atoms with E-state index in [1.807, 2.05) is 30.3 Å². The molecule has 0 aromatic heterocycles. The molecular weight excluding hydrogens is 364 g/mol. The van der Waals surface area contributed by atoms with Crippen molar-refractivity contribution in [3.63, 3.8) is 0 Å². The first-order valence-electron chi connectivity index (χ1n) is 10.2. The van der Waals surface area contributed by atoms with Gasteiger partial charge in [-0.25, -0.2) is 4.90 Å². The van der Waals surface area contributed by atoms with Gasteiger partial charge in [-0.1, -0.05) is 36.4 Å². The molecule has 5 nitrogen and oxygen atoms in total. The first-order chi connectivity index (χ1) is 14.1. The van der Waals surface area contributed by atoms with E-state index in [1.165, 1.54) is 4.90 Å². The fourth-order valence-electron chi connectivity index (χ4n) is 5.72. The maximum atomic E-state index is 13.2. The van der Waals surface area contributed by atoms with Gasteiger partial charge in [0.05, 0.1) is 17.5 Å². The van der Waals surface area contributed by atoms with Crippen LogP contribution in [0.3, 0.4) is 0 Å². The predicted octanol–water partition coefficient (Wildman–Crippen LogP) is 3.50. The number of nitrogens with zero attached hydrogens (tertiary/aromatic N) is 1. The Morgan fingerprint density at radius 2 is 1.52 bits per heavy atom. The molecule has 0 unspecified atom stereocenters. The minimum atomic E-state index is -0.266. The normalized spacial score (nSPS) is 33.4. The summed E-state index contributed by atoms with van der Waals surface area (Å²) < 4.78 is 0. The van der Waals surface area contributed by atoms with Crippen molar-refractivity contribution in [1.82, 2.24) is 0 Å². The number of carbonyl (C=O) groups is 3. The fraction of sp³-hybridized carbons (Fsp3) is 0.292. The van der Waals surface area contributed by atoms with E-state index in [0.717, 1.165) is 6.42 Å². The standard InChI is InChI=1S/C24H20N2O3/c27-22(25-14-6-2-1-3-7-14)13-5-4-8-15(11-13)26-23(28)20-16-9-10-17(19-12-18(16)19)21(20)24(26)29/h1-11,16-21H,12H2,(H,25,27)/t16-,17+,18-,19-,20+,21+/m1/s1. The van der Waals surface area contributed by atoms with Crippen molar-refractivity contribution < 1.29 is 14.4 Å². The average Bonchev–Trinajstić information content (AvgIpc) is 3.52. The van der Waals surface area contributed by atoms with Crippen LogP contribution in [0.25, 0.3) is 0 Å². The lowest BCUT2D eigenvalue weighted by molar-refractivity contribution is -0.124. The summed E-state index contributed by atoms with van der Waals surface area (Å²) >= 11 is 0. The van der Waals surface area contributed by atoms with Gasteiger partial charge in [0, 0.05) is 11.3 Å². The van der Waals surface area contributed by atoms with Crippen LogP contribution in [-0.4, -0.2) is 17.7 Å². The fourth-order valence-corrected chi connectivity index (χ4v) is 5.72. The number of amides is 3. The minimum Gasteiger partial charge on any atom is -0.322 e. The highest BCUT2D eigenvalue weighted by Gasteiger charge is 2.67. The van der Waals surface area contributed by atoms with E-state index >= 15 is 0 Å². The summed E-state index contributed by atoms with van der Waals surface area (Å²) in [6, 6.07) is 16.0. The number of carbonyl (C=O) groups excluding carboxylic acids is 3. The van der Waals surface area contributed by atoms with Crippen molar-refractivity contribution in [2.45, 2.75) is 6.42 Å². The maximum Gasteiger partial charge on any atom is 0.255 e. The van der Waals surface area contributed by atoms with Gasteiger partial charge in [-0.15, -0.1) is 0 Å². The molecule has 2 saturated carbocycles. The molecular formula is C24H20N2O3. The van der Waals surface area contributed by atoms with Crippen molar-refractivity contribution in [1.29, 1.82) is 0 Å². The quantitative estimate of drug-likeness (QED) is 0.651. The summed E-state index contributed by atoms with van der Waals surface area (Å²) in [7, 11) is 0. The first-order valence-corrected chi connectivity index (χ1v) is 10.2. The molecule has 2 aromatic carbocycles. The lowest BCUT2D eigenvalue weighted by atomic mass is 9.63. The molecule has 144 valence electrons. The van der Waals surface area contributed by atoms with Gasteiger partial charge >= 0.3 is 0 Å². The molecule has 6 atom stereocenters. The zero-order valence-electron chi connectivity index (χ0n) is 15.7. The van der Waals surface area contributed by atoms with Crippen LogP contribution in [0.5, 0.6) is 0 Å². The number of para-hydroxylation sites is 1. The highest BCUT2D eigenvalue weighted by Crippen LogP contribution is 2.65. The van der Waals surface area contributed by atoms with Gasteiger partial charge in [0.1, 0.15) is 0 Å². The second-order valence-electron chi connectivity index (χ2n) is 8.54. The van der Waals surface area contributed by atoms with Gasteiger partial charge in [0.2, 0.25) is 11.8 Å². The third-order valence-corrected chi connectivity index (χ3v) is 7.06. The van der Waals surface area contributed by atoms with E-state index in [9.17, 15) is 14.4 Å². The molecule has 3 amide bonds. The Kier molecular flexibility index (Phi) is 3.40. The third-order valence-electron chi connectivity index (χ3n) is 7.06. The van der Waals surface area contributed by atoms with Crippen molar-refractivity contribution in [3.05, 3.63) is 72.3 Å². The van der Waals surface area contributed by atoms with E-state index < -0.39 is 0 Å². The second-order valence-corrected chi connectivity index (χ2v) is 8.54. The van der Waals surface area contributed by atoms with Gasteiger partial charge in [-0.3, -0.25) is 14.4 Å². The molecule has 1 aliphatic heterocycles. The molecule has 2 bridgehead atoms. The van der Waals surface area contributed by atoms with E-state index in [2.05, 4.69) is 17.5 Å². The lowest BCUT2D eigenvalue weighted by Gasteiger charge is -2.37. The number of hydrogen-bond donors (Lipinski definition) is 1. The molecule has 1 N–H and O–H groups in total. The highest BCUT2D eigenvalue weighted by atomic mass is 16.2. The molecule has 5 aliphatic rings. The van der Waals surface area contributed by atoms with Crippen LogP contribution in [0.15, 0.2) is 66.7 Å². The van der Waals surface area contributed by atoms with Gasteiger partial charge in [0.15, 0.2) is 0 Å². The number of nitrogens with one attached hydrogen (secondary N) is 1. The average molecular weight is 384 g/mol. The van der Waals surface area contributed by atoms with Crippen molar-refractivity contribution in [2.24, 2.45) is 35.5 Å². The Bertz CT molecular complexity index is 1040. The van der Waals surface area contributed by atoms with Crippen molar-refractivity contribution in [2.75, 3.05) is 10.2 Å². The second kappa shape index (κ2) is 5.89. The molecule has 2 aromatic rings. The van der Waals surface area contributed by atoms with Gasteiger partial charge in [-0.05, 0) is 60.4 Å². The lowest BCUT2D eigenvalue weighted by Crippen LogP contribution is -2.40. The smallest absolute Gasteiger partial charge is 0.255 e. The Balaban J connectivity index is 1.30. The number of hydrogen-bond acceptors (Lipinski definition) is 3. The molecule has 0 spiro atoms. The van der Waals surface area contributed by atoms with Crippen molar-refractivity contribution >= 4 is 29.1 Å². The number of benzene rings is 2. The number of rotatable bonds is 3. The molecule has 3 fully saturated rings. The zero-order valence-corrected chi connectivity index (χ0v) is 15.7. The number of allylic oxidation sites excluding steroid dienone is 2. The minimum absolute atomic E-state index is 0.106. The number of imide groups is 1. The summed E-state index contributed by atoms with van der Waals surface area (Å²) in [6.45, 7) is 0. The summed E-state index contributed by atoms with van der Waals surface area (Å²) in [5.74, 6) is 0.596. The summed E-state index contributed by atoms with van der Waals surface area (Å²) in [4.78, 5) is 40.5.